The van der Waals surface area contributed by atoms with Crippen molar-refractivity contribution >= 4 is 22.5 Å². The van der Waals surface area contributed by atoms with Crippen molar-refractivity contribution in [2.24, 2.45) is 0 Å². The molecule has 1 aromatic carbocycles. The molecule has 1 heterocycles. The van der Waals surface area contributed by atoms with Gasteiger partial charge in [0.05, 0.1) is 6.61 Å². The third kappa shape index (κ3) is 3.67. The van der Waals surface area contributed by atoms with Crippen molar-refractivity contribution in [3.63, 3.8) is 0 Å². The van der Waals surface area contributed by atoms with Crippen LogP contribution in [0.3, 0.4) is 0 Å². The summed E-state index contributed by atoms with van der Waals surface area (Å²) in [7, 11) is 0. The molecule has 108 valence electrons. The predicted molar refractivity (Wildman–Crippen MR) is 71.9 cm³/mol. The van der Waals surface area contributed by atoms with Gasteiger partial charge < -0.3 is 20.8 Å². The number of nitrogens with two attached hydrogens (primary N) is 1. The molecule has 0 aliphatic carbocycles. The highest BCUT2D eigenvalue weighted by molar-refractivity contribution is 5.98. The van der Waals surface area contributed by atoms with E-state index in [1.54, 1.807) is 24.3 Å². The Morgan fingerprint density at radius 1 is 1.40 bits per heavy atom. The van der Waals surface area contributed by atoms with Crippen LogP contribution in [-0.4, -0.2) is 37.1 Å². The molecule has 5 nitrogen and oxygen atoms in total. The lowest BCUT2D eigenvalue weighted by Crippen LogP contribution is -2.28. The van der Waals surface area contributed by atoms with E-state index in [0.717, 1.165) is 10.9 Å². The summed E-state index contributed by atoms with van der Waals surface area (Å²) in [5.41, 5.74) is 7.46. The van der Waals surface area contributed by atoms with E-state index in [2.05, 4.69) is 15.0 Å². The summed E-state index contributed by atoms with van der Waals surface area (Å²) in [5, 5.41) is 3.41. The molecule has 1 amide bonds. The van der Waals surface area contributed by atoms with Gasteiger partial charge in [-0.25, -0.2) is 8.78 Å². The summed E-state index contributed by atoms with van der Waals surface area (Å²) >= 11 is 0. The van der Waals surface area contributed by atoms with Crippen molar-refractivity contribution in [3.05, 3.63) is 30.0 Å². The standard InChI is InChI=1S/C13H15F2N3O2/c14-12(15)7-20-4-3-17-13(19)11-6-8-5-9(16)1-2-10(8)18-11/h1-2,5-6,12,18H,3-4,7,16H2,(H,17,19). The number of hydrogen-bond acceptors (Lipinski definition) is 3. The van der Waals surface area contributed by atoms with Gasteiger partial charge in [-0.15, -0.1) is 0 Å². The van der Waals surface area contributed by atoms with E-state index < -0.39 is 13.0 Å². The van der Waals surface area contributed by atoms with Crippen LogP contribution in [-0.2, 0) is 4.74 Å². The molecule has 2 aromatic rings. The summed E-state index contributed by atoms with van der Waals surface area (Å²) in [6.07, 6.45) is -2.50. The minimum absolute atomic E-state index is 0.0449. The number of aromatic amines is 1. The van der Waals surface area contributed by atoms with Gasteiger partial charge in [0.2, 0.25) is 0 Å². The molecule has 0 bridgehead atoms. The number of halogens is 2. The average Bonchev–Trinajstić information content (AvgIpc) is 2.80. The number of hydrogen-bond donors (Lipinski definition) is 3. The Balaban J connectivity index is 1.88. The average molecular weight is 283 g/mol. The Labute approximate surface area is 114 Å². The number of nitrogen functional groups attached to an aromatic ring is 1. The molecule has 1 aromatic heterocycles. The molecule has 0 radical (unpaired) electrons. The van der Waals surface area contributed by atoms with Crippen molar-refractivity contribution in [1.29, 1.82) is 0 Å². The summed E-state index contributed by atoms with van der Waals surface area (Å²) in [6, 6.07) is 6.96. The number of anilines is 1. The first-order valence-electron chi connectivity index (χ1n) is 6.08. The fourth-order valence-electron chi connectivity index (χ4n) is 1.78. The number of nitrogens with one attached hydrogen (secondary N) is 2. The zero-order chi connectivity index (χ0) is 14.5. The van der Waals surface area contributed by atoms with Gasteiger partial charge in [-0.2, -0.15) is 0 Å². The van der Waals surface area contributed by atoms with Gasteiger partial charge in [0.25, 0.3) is 12.3 Å². The van der Waals surface area contributed by atoms with Crippen molar-refractivity contribution in [1.82, 2.24) is 10.3 Å². The van der Waals surface area contributed by atoms with Crippen LogP contribution < -0.4 is 11.1 Å². The molecule has 0 spiro atoms. The Bertz CT molecular complexity index is 598. The maximum atomic E-state index is 11.8. The van der Waals surface area contributed by atoms with Crippen LogP contribution in [0.25, 0.3) is 10.9 Å². The van der Waals surface area contributed by atoms with E-state index in [0.29, 0.717) is 11.4 Å². The number of alkyl halides is 2. The molecule has 0 fully saturated rings. The molecule has 0 aliphatic rings. The van der Waals surface area contributed by atoms with E-state index in [1.165, 1.54) is 0 Å². The van der Waals surface area contributed by atoms with Crippen LogP contribution in [0.5, 0.6) is 0 Å². The zero-order valence-electron chi connectivity index (χ0n) is 10.7. The van der Waals surface area contributed by atoms with E-state index in [-0.39, 0.29) is 19.1 Å². The fraction of sp³-hybridized carbons (Fsp3) is 0.308. The first-order valence-corrected chi connectivity index (χ1v) is 6.08. The topological polar surface area (TPSA) is 80.1 Å². The van der Waals surface area contributed by atoms with E-state index in [9.17, 15) is 13.6 Å². The van der Waals surface area contributed by atoms with E-state index >= 15 is 0 Å². The monoisotopic (exact) mass is 283 g/mol. The van der Waals surface area contributed by atoms with E-state index in [1.807, 2.05) is 0 Å². The molecule has 0 saturated heterocycles. The Morgan fingerprint density at radius 3 is 2.95 bits per heavy atom. The quantitative estimate of drug-likeness (QED) is 0.558. The van der Waals surface area contributed by atoms with Crippen LogP contribution in [0.1, 0.15) is 10.5 Å². The first-order chi connectivity index (χ1) is 9.56. The van der Waals surface area contributed by atoms with Crippen molar-refractivity contribution in [2.75, 3.05) is 25.5 Å². The summed E-state index contributed by atoms with van der Waals surface area (Å²) in [4.78, 5) is 14.8. The van der Waals surface area contributed by atoms with Crippen molar-refractivity contribution < 1.29 is 18.3 Å². The minimum Gasteiger partial charge on any atom is -0.399 e. The van der Waals surface area contributed by atoms with Gasteiger partial charge >= 0.3 is 0 Å². The minimum atomic E-state index is -2.50. The van der Waals surface area contributed by atoms with Crippen LogP contribution >= 0.6 is 0 Å². The maximum absolute atomic E-state index is 11.8. The molecule has 2 rings (SSSR count). The molecule has 20 heavy (non-hydrogen) atoms. The molecule has 0 unspecified atom stereocenters. The van der Waals surface area contributed by atoms with Gasteiger partial charge in [0.1, 0.15) is 12.3 Å². The lowest BCUT2D eigenvalue weighted by molar-refractivity contribution is 0.0188. The number of amides is 1. The lowest BCUT2D eigenvalue weighted by atomic mass is 10.2. The van der Waals surface area contributed by atoms with Crippen LogP contribution in [0.4, 0.5) is 14.5 Å². The molecule has 0 aliphatic heterocycles. The van der Waals surface area contributed by atoms with Gasteiger partial charge in [0.15, 0.2) is 0 Å². The zero-order valence-corrected chi connectivity index (χ0v) is 10.7. The first kappa shape index (κ1) is 14.3. The predicted octanol–water partition coefficient (Wildman–Crippen LogP) is 1.76. The smallest absolute Gasteiger partial charge is 0.267 e. The molecule has 0 atom stereocenters. The number of rotatable bonds is 6. The SMILES string of the molecule is Nc1ccc2[nH]c(C(=O)NCCOCC(F)F)cc2c1. The van der Waals surface area contributed by atoms with Gasteiger partial charge in [0, 0.05) is 23.1 Å². The molecule has 7 heteroatoms. The molecular formula is C13H15F2N3O2. The van der Waals surface area contributed by atoms with Gasteiger partial charge in [-0.1, -0.05) is 0 Å². The number of ether oxygens (including phenoxy) is 1. The highest BCUT2D eigenvalue weighted by Crippen LogP contribution is 2.18. The second-order valence-corrected chi connectivity index (χ2v) is 4.25. The lowest BCUT2D eigenvalue weighted by Gasteiger charge is -2.04. The largest absolute Gasteiger partial charge is 0.399 e. The molecule has 0 saturated carbocycles. The third-order valence-electron chi connectivity index (χ3n) is 2.67. The number of benzene rings is 1. The van der Waals surface area contributed by atoms with Crippen molar-refractivity contribution in [2.45, 2.75) is 6.43 Å². The third-order valence-corrected chi connectivity index (χ3v) is 2.67. The maximum Gasteiger partial charge on any atom is 0.267 e. The highest BCUT2D eigenvalue weighted by Gasteiger charge is 2.09. The Hall–Kier alpha value is -2.15. The highest BCUT2D eigenvalue weighted by atomic mass is 19.3. The summed E-state index contributed by atoms with van der Waals surface area (Å²) < 4.78 is 28.3. The van der Waals surface area contributed by atoms with Gasteiger partial charge in [-0.3, -0.25) is 4.79 Å². The number of fused-ring (bicyclic) bond motifs is 1. The van der Waals surface area contributed by atoms with Crippen LogP contribution in [0, 0.1) is 0 Å². The second-order valence-electron chi connectivity index (χ2n) is 4.25. The Kier molecular flexibility index (Phi) is 4.52. The van der Waals surface area contributed by atoms with Crippen LogP contribution in [0.2, 0.25) is 0 Å². The van der Waals surface area contributed by atoms with Gasteiger partial charge in [-0.05, 0) is 24.3 Å². The van der Waals surface area contributed by atoms with Crippen molar-refractivity contribution in [3.8, 4) is 0 Å². The molecular weight excluding hydrogens is 268 g/mol. The number of carbonyl (C=O) groups excluding carboxylic acids is 1. The Morgan fingerprint density at radius 2 is 2.20 bits per heavy atom. The summed E-state index contributed by atoms with van der Waals surface area (Å²) in [6.45, 7) is -0.409. The summed E-state index contributed by atoms with van der Waals surface area (Å²) in [5.74, 6) is -0.319. The second kappa shape index (κ2) is 6.33. The molecule has 4 N–H and O–H groups in total. The normalized spacial score (nSPS) is 11.2. The number of carbonyl (C=O) groups is 1. The fourth-order valence-corrected chi connectivity index (χ4v) is 1.78. The van der Waals surface area contributed by atoms with E-state index in [4.69, 9.17) is 5.73 Å². The number of aromatic nitrogens is 1. The number of H-pyrrole nitrogens is 1. The van der Waals surface area contributed by atoms with Crippen LogP contribution in [0.15, 0.2) is 24.3 Å².